The van der Waals surface area contributed by atoms with Gasteiger partial charge in [-0.15, -0.1) is 0 Å². The van der Waals surface area contributed by atoms with E-state index in [0.29, 0.717) is 0 Å². The largest absolute Gasteiger partial charge is 0.457 e. The number of aryl methyl sites for hydroxylation is 1. The second kappa shape index (κ2) is 8.78. The van der Waals surface area contributed by atoms with E-state index in [2.05, 4.69) is 19.1 Å². The van der Waals surface area contributed by atoms with Gasteiger partial charge >= 0.3 is 11.9 Å². The van der Waals surface area contributed by atoms with Crippen molar-refractivity contribution in [3.05, 3.63) is 58.5 Å². The van der Waals surface area contributed by atoms with Crippen molar-refractivity contribution in [3.63, 3.8) is 0 Å². The summed E-state index contributed by atoms with van der Waals surface area (Å²) < 4.78 is 11.1. The average Bonchev–Trinajstić information content (AvgIpc) is 2.67. The molecule has 0 atom stereocenters. The summed E-state index contributed by atoms with van der Waals surface area (Å²) in [6, 6.07) is 14.0. The van der Waals surface area contributed by atoms with Crippen molar-refractivity contribution in [2.45, 2.75) is 66.1 Å². The fourth-order valence-electron chi connectivity index (χ4n) is 3.72. The van der Waals surface area contributed by atoms with E-state index < -0.39 is 23.1 Å². The Morgan fingerprint density at radius 2 is 1.16 bits per heavy atom. The van der Waals surface area contributed by atoms with E-state index in [1.54, 1.807) is 12.2 Å². The quantitative estimate of drug-likeness (QED) is 0.441. The first kappa shape index (κ1) is 23.5. The van der Waals surface area contributed by atoms with Crippen LogP contribution in [0.15, 0.2) is 42.5 Å². The Kier molecular flexibility index (Phi) is 6.45. The van der Waals surface area contributed by atoms with Crippen LogP contribution in [0, 0.1) is 0 Å². The summed E-state index contributed by atoms with van der Waals surface area (Å²) in [7, 11) is 0. The topological polar surface area (TPSA) is 52.6 Å². The number of hydrogen-bond acceptors (Lipinski definition) is 4. The molecule has 0 amide bonds. The van der Waals surface area contributed by atoms with Crippen LogP contribution in [-0.2, 0) is 25.5 Å². The molecule has 0 saturated heterocycles. The average molecular weight is 433 g/mol. The van der Waals surface area contributed by atoms with Gasteiger partial charge in [-0.1, -0.05) is 49.4 Å². The maximum absolute atomic E-state index is 12.7. The molecule has 168 valence electrons. The van der Waals surface area contributed by atoms with Crippen molar-refractivity contribution in [1.29, 1.82) is 0 Å². The molecule has 0 N–H and O–H groups in total. The van der Waals surface area contributed by atoms with Gasteiger partial charge in [0.15, 0.2) is 0 Å². The van der Waals surface area contributed by atoms with Gasteiger partial charge in [-0.2, -0.15) is 0 Å². The highest BCUT2D eigenvalue weighted by molar-refractivity contribution is 6.11. The fraction of sp³-hybridized carbons (Fsp3) is 0.357. The Morgan fingerprint density at radius 1 is 0.719 bits per heavy atom. The van der Waals surface area contributed by atoms with Crippen molar-refractivity contribution in [2.24, 2.45) is 0 Å². The van der Waals surface area contributed by atoms with Crippen LogP contribution in [-0.4, -0.2) is 23.1 Å². The predicted molar refractivity (Wildman–Crippen MR) is 131 cm³/mol. The van der Waals surface area contributed by atoms with Crippen LogP contribution >= 0.6 is 0 Å². The van der Waals surface area contributed by atoms with Gasteiger partial charge in [0.05, 0.1) is 0 Å². The lowest BCUT2D eigenvalue weighted by molar-refractivity contribution is -0.147. The third-order valence-corrected chi connectivity index (χ3v) is 4.92. The Bertz CT molecular complexity index is 1300. The zero-order valence-corrected chi connectivity index (χ0v) is 20.0. The molecule has 0 spiro atoms. The van der Waals surface area contributed by atoms with Crippen LogP contribution in [0.3, 0.4) is 0 Å². The molecule has 3 aromatic carbocycles. The first-order valence-electron chi connectivity index (χ1n) is 11.0. The lowest BCUT2D eigenvalue weighted by Gasteiger charge is -2.18. The van der Waals surface area contributed by atoms with E-state index in [0.717, 1.165) is 44.0 Å². The Balaban J connectivity index is 2.43. The number of ether oxygens (including phenoxy) is 2. The maximum Gasteiger partial charge on any atom is 0.331 e. The Labute approximate surface area is 189 Å². The molecule has 4 nitrogen and oxygen atoms in total. The number of carbonyl (C=O) groups excluding carboxylic acids is 2. The first-order valence-corrected chi connectivity index (χ1v) is 11.0. The smallest absolute Gasteiger partial charge is 0.331 e. The summed E-state index contributed by atoms with van der Waals surface area (Å²) in [5.41, 5.74) is -0.0214. The molecule has 0 radical (unpaired) electrons. The van der Waals surface area contributed by atoms with E-state index in [1.807, 2.05) is 71.9 Å². The van der Waals surface area contributed by atoms with Crippen LogP contribution in [0.4, 0.5) is 0 Å². The van der Waals surface area contributed by atoms with Gasteiger partial charge in [0, 0.05) is 12.2 Å². The summed E-state index contributed by atoms with van der Waals surface area (Å²) in [6.07, 6.45) is 3.98. The standard InChI is InChI=1S/C28H32O4/c1-8-18-13-14-21-22(15-18)24(17-26(30)32-28(5,6)7)20-12-10-9-11-19(20)23(21)16-25(29)31-27(2,3)4/h9-17H,8H2,1-7H3. The SMILES string of the molecule is CCc1ccc2c(=CC(=O)OC(C)(C)C)c3ccccc3c(=CC(=O)OC(C)(C)C)c2c1. The van der Waals surface area contributed by atoms with Crippen LogP contribution < -0.4 is 10.4 Å². The van der Waals surface area contributed by atoms with E-state index in [4.69, 9.17) is 9.47 Å². The van der Waals surface area contributed by atoms with Crippen molar-refractivity contribution < 1.29 is 19.1 Å². The highest BCUT2D eigenvalue weighted by atomic mass is 16.6. The summed E-state index contributed by atoms with van der Waals surface area (Å²) in [5, 5.41) is 5.14. The molecule has 3 aromatic rings. The van der Waals surface area contributed by atoms with Crippen molar-refractivity contribution in [3.8, 4) is 0 Å². The molecule has 4 heteroatoms. The second-order valence-corrected chi connectivity index (χ2v) is 9.96. The summed E-state index contributed by atoms with van der Waals surface area (Å²) in [4.78, 5) is 25.4. The minimum absolute atomic E-state index is 0.394. The molecule has 0 aliphatic heterocycles. The van der Waals surface area contributed by atoms with E-state index in [9.17, 15) is 9.59 Å². The first-order chi connectivity index (χ1) is 14.9. The summed E-state index contributed by atoms with van der Waals surface area (Å²) in [5.74, 6) is -0.790. The molecular weight excluding hydrogens is 400 g/mol. The van der Waals surface area contributed by atoms with Gasteiger partial charge in [-0.05, 0) is 85.5 Å². The van der Waals surface area contributed by atoms with Gasteiger partial charge in [0.25, 0.3) is 0 Å². The molecule has 32 heavy (non-hydrogen) atoms. The molecule has 0 heterocycles. The van der Waals surface area contributed by atoms with Crippen molar-refractivity contribution in [2.75, 3.05) is 0 Å². The molecule has 0 fully saturated rings. The minimum atomic E-state index is -0.585. The molecule has 0 aromatic heterocycles. The molecule has 0 bridgehead atoms. The van der Waals surface area contributed by atoms with E-state index in [-0.39, 0.29) is 0 Å². The van der Waals surface area contributed by atoms with Gasteiger partial charge in [-0.3, -0.25) is 0 Å². The zero-order valence-electron chi connectivity index (χ0n) is 20.0. The van der Waals surface area contributed by atoms with Gasteiger partial charge < -0.3 is 9.47 Å². The lowest BCUT2D eigenvalue weighted by Crippen LogP contribution is -2.25. The number of carbonyl (C=O) groups is 2. The highest BCUT2D eigenvalue weighted by Crippen LogP contribution is 2.17. The zero-order chi connectivity index (χ0) is 23.7. The third-order valence-electron chi connectivity index (χ3n) is 4.92. The van der Waals surface area contributed by atoms with E-state index >= 15 is 0 Å². The number of esters is 2. The normalized spacial score (nSPS) is 13.6. The second-order valence-electron chi connectivity index (χ2n) is 9.96. The van der Waals surface area contributed by atoms with Crippen molar-refractivity contribution in [1.82, 2.24) is 0 Å². The minimum Gasteiger partial charge on any atom is -0.457 e. The van der Waals surface area contributed by atoms with Crippen LogP contribution in [0.2, 0.25) is 0 Å². The van der Waals surface area contributed by atoms with Gasteiger partial charge in [-0.25, -0.2) is 9.59 Å². The molecule has 0 aliphatic carbocycles. The number of fused-ring (bicyclic) bond motifs is 2. The van der Waals surface area contributed by atoms with Crippen LogP contribution in [0.1, 0.15) is 54.0 Å². The predicted octanol–water partition coefficient (Wildman–Crippen LogP) is 4.80. The third kappa shape index (κ3) is 5.56. The fourth-order valence-corrected chi connectivity index (χ4v) is 3.72. The Morgan fingerprint density at radius 3 is 1.59 bits per heavy atom. The van der Waals surface area contributed by atoms with Gasteiger partial charge in [0.2, 0.25) is 0 Å². The summed E-state index contributed by atoms with van der Waals surface area (Å²) in [6.45, 7) is 13.2. The monoisotopic (exact) mass is 432 g/mol. The summed E-state index contributed by atoms with van der Waals surface area (Å²) >= 11 is 0. The van der Waals surface area contributed by atoms with Crippen LogP contribution in [0.25, 0.3) is 33.7 Å². The molecule has 0 saturated carbocycles. The highest BCUT2D eigenvalue weighted by Gasteiger charge is 2.17. The van der Waals surface area contributed by atoms with E-state index in [1.165, 1.54) is 0 Å². The number of rotatable bonds is 3. The number of benzene rings is 3. The van der Waals surface area contributed by atoms with Gasteiger partial charge in [0.1, 0.15) is 11.2 Å². The Hall–Kier alpha value is -3.14. The molecular formula is C28H32O4. The molecule has 3 rings (SSSR count). The molecule has 0 unspecified atom stereocenters. The maximum atomic E-state index is 12.7. The lowest BCUT2D eigenvalue weighted by atomic mass is 9.95. The van der Waals surface area contributed by atoms with Crippen LogP contribution in [0.5, 0.6) is 0 Å². The number of hydrogen-bond donors (Lipinski definition) is 0. The van der Waals surface area contributed by atoms with Crippen molar-refractivity contribution >= 4 is 45.6 Å². The molecule has 0 aliphatic rings.